The summed E-state index contributed by atoms with van der Waals surface area (Å²) < 4.78 is 18.9. The van der Waals surface area contributed by atoms with E-state index in [1.165, 1.54) is 0 Å². The Kier molecular flexibility index (Phi) is 3.74. The predicted molar refractivity (Wildman–Crippen MR) is 92.6 cm³/mol. The Morgan fingerprint density at radius 3 is 2.85 bits per heavy atom. The second-order valence-corrected chi connectivity index (χ2v) is 6.74. The zero-order valence-corrected chi connectivity index (χ0v) is 14.6. The molecule has 0 saturated heterocycles. The Morgan fingerprint density at radius 2 is 2.08 bits per heavy atom. The van der Waals surface area contributed by atoms with Gasteiger partial charge in [-0.05, 0) is 43.5 Å². The monoisotopic (exact) mass is 352 g/mol. The van der Waals surface area contributed by atoms with Crippen molar-refractivity contribution in [2.24, 2.45) is 0 Å². The van der Waals surface area contributed by atoms with Crippen LogP contribution in [-0.4, -0.2) is 26.5 Å². The molecule has 7 heteroatoms. The third kappa shape index (κ3) is 2.88. The van der Waals surface area contributed by atoms with Crippen molar-refractivity contribution in [2.45, 2.75) is 44.9 Å². The van der Waals surface area contributed by atoms with E-state index in [2.05, 4.69) is 15.2 Å². The highest BCUT2D eigenvalue weighted by Gasteiger charge is 2.30. The summed E-state index contributed by atoms with van der Waals surface area (Å²) in [6.45, 7) is 3.81. The van der Waals surface area contributed by atoms with Crippen molar-refractivity contribution in [3.8, 4) is 17.3 Å². The van der Waals surface area contributed by atoms with Crippen molar-refractivity contribution in [3.63, 3.8) is 0 Å². The molecule has 26 heavy (non-hydrogen) atoms. The van der Waals surface area contributed by atoms with E-state index < -0.39 is 0 Å². The van der Waals surface area contributed by atoms with Gasteiger partial charge in [-0.3, -0.25) is 4.68 Å². The molecule has 1 aromatic carbocycles. The molecule has 2 aliphatic rings. The van der Waals surface area contributed by atoms with Gasteiger partial charge in [-0.25, -0.2) is 0 Å². The molecule has 5 rings (SSSR count). The maximum absolute atomic E-state index is 6.02. The zero-order valence-electron chi connectivity index (χ0n) is 14.6. The van der Waals surface area contributed by atoms with Gasteiger partial charge in [0.1, 0.15) is 11.9 Å². The van der Waals surface area contributed by atoms with Gasteiger partial charge >= 0.3 is 0 Å². The number of fused-ring (bicyclic) bond motifs is 1. The SMILES string of the molecule is CCOc1ccc(C2Cn3nc(-c4nc(C5CC5)no4)cc3CO2)cc1. The molecule has 0 amide bonds. The second-order valence-electron chi connectivity index (χ2n) is 6.74. The van der Waals surface area contributed by atoms with Crippen LogP contribution in [0.2, 0.25) is 0 Å². The molecule has 1 atom stereocenters. The van der Waals surface area contributed by atoms with E-state index in [4.69, 9.17) is 14.0 Å². The molecule has 0 spiro atoms. The van der Waals surface area contributed by atoms with Crippen LogP contribution in [0.25, 0.3) is 11.6 Å². The van der Waals surface area contributed by atoms with Crippen molar-refractivity contribution < 1.29 is 14.0 Å². The molecule has 1 aliphatic carbocycles. The van der Waals surface area contributed by atoms with E-state index in [0.29, 0.717) is 31.6 Å². The highest BCUT2D eigenvalue weighted by Crippen LogP contribution is 2.39. The minimum atomic E-state index is -0.0318. The molecule has 134 valence electrons. The van der Waals surface area contributed by atoms with E-state index in [1.807, 2.05) is 41.9 Å². The summed E-state index contributed by atoms with van der Waals surface area (Å²) in [6, 6.07) is 10.0. The fraction of sp³-hybridized carbons (Fsp3) is 0.421. The van der Waals surface area contributed by atoms with Crippen LogP contribution in [0.15, 0.2) is 34.9 Å². The minimum Gasteiger partial charge on any atom is -0.494 e. The van der Waals surface area contributed by atoms with Gasteiger partial charge in [0.25, 0.3) is 5.89 Å². The molecule has 0 bridgehead atoms. The van der Waals surface area contributed by atoms with Crippen LogP contribution in [0.3, 0.4) is 0 Å². The molecular formula is C19H20N4O3. The smallest absolute Gasteiger partial charge is 0.278 e. The number of aromatic nitrogens is 4. The Hall–Kier alpha value is -2.67. The van der Waals surface area contributed by atoms with Gasteiger partial charge in [-0.1, -0.05) is 17.3 Å². The predicted octanol–water partition coefficient (Wildman–Crippen LogP) is 3.48. The van der Waals surface area contributed by atoms with Gasteiger partial charge in [0, 0.05) is 5.92 Å². The first-order valence-electron chi connectivity index (χ1n) is 9.05. The highest BCUT2D eigenvalue weighted by molar-refractivity contribution is 5.47. The third-order valence-corrected chi connectivity index (χ3v) is 4.80. The summed E-state index contributed by atoms with van der Waals surface area (Å²) in [5.74, 6) is 2.63. The van der Waals surface area contributed by atoms with Gasteiger partial charge in [-0.15, -0.1) is 0 Å². The average Bonchev–Trinajstić information content (AvgIpc) is 3.24. The van der Waals surface area contributed by atoms with Crippen molar-refractivity contribution in [1.29, 1.82) is 0 Å². The summed E-state index contributed by atoms with van der Waals surface area (Å²) in [6.07, 6.45) is 2.27. The normalized spacial score (nSPS) is 19.3. The van der Waals surface area contributed by atoms with Crippen LogP contribution in [0.5, 0.6) is 5.75 Å². The fourth-order valence-corrected chi connectivity index (χ4v) is 3.22. The maximum atomic E-state index is 6.02. The molecule has 0 N–H and O–H groups in total. The van der Waals surface area contributed by atoms with Gasteiger partial charge in [-0.2, -0.15) is 10.1 Å². The zero-order chi connectivity index (χ0) is 17.5. The Bertz CT molecular complexity index is 911. The lowest BCUT2D eigenvalue weighted by molar-refractivity contribution is -0.00115. The molecular weight excluding hydrogens is 332 g/mol. The summed E-state index contributed by atoms with van der Waals surface area (Å²) in [7, 11) is 0. The number of benzene rings is 1. The quantitative estimate of drug-likeness (QED) is 0.700. The minimum absolute atomic E-state index is 0.0318. The lowest BCUT2D eigenvalue weighted by Gasteiger charge is -2.24. The van der Waals surface area contributed by atoms with Crippen LogP contribution in [0, 0.1) is 0 Å². The van der Waals surface area contributed by atoms with Gasteiger partial charge in [0.15, 0.2) is 11.5 Å². The number of hydrogen-bond acceptors (Lipinski definition) is 6. The molecule has 0 radical (unpaired) electrons. The molecule has 1 saturated carbocycles. The van der Waals surface area contributed by atoms with Gasteiger partial charge in [0.2, 0.25) is 0 Å². The molecule has 3 aromatic rings. The van der Waals surface area contributed by atoms with Gasteiger partial charge < -0.3 is 14.0 Å². The highest BCUT2D eigenvalue weighted by atomic mass is 16.5. The molecule has 1 aliphatic heterocycles. The van der Waals surface area contributed by atoms with Crippen molar-refractivity contribution in [2.75, 3.05) is 6.61 Å². The summed E-state index contributed by atoms with van der Waals surface area (Å²) in [5.41, 5.74) is 2.86. The van der Waals surface area contributed by atoms with E-state index >= 15 is 0 Å². The standard InChI is InChI=1S/C19H20N4O3/c1-2-24-15-7-5-12(6-8-15)17-10-23-14(11-25-17)9-16(21-23)19-20-18(22-26-19)13-3-4-13/h5-9,13,17H,2-4,10-11H2,1H3. The van der Waals surface area contributed by atoms with E-state index in [-0.39, 0.29) is 6.10 Å². The first kappa shape index (κ1) is 15.6. The average molecular weight is 352 g/mol. The summed E-state index contributed by atoms with van der Waals surface area (Å²) in [5, 5.41) is 8.72. The molecule has 2 aromatic heterocycles. The van der Waals surface area contributed by atoms with Crippen LogP contribution < -0.4 is 4.74 Å². The first-order valence-corrected chi connectivity index (χ1v) is 9.05. The first-order chi connectivity index (χ1) is 12.8. The second kappa shape index (κ2) is 6.25. The van der Waals surface area contributed by atoms with Crippen molar-refractivity contribution >= 4 is 0 Å². The Labute approximate surface area is 150 Å². The van der Waals surface area contributed by atoms with Gasteiger partial charge in [0.05, 0.1) is 25.5 Å². The fourth-order valence-electron chi connectivity index (χ4n) is 3.22. The number of hydrogen-bond donors (Lipinski definition) is 0. The lowest BCUT2D eigenvalue weighted by atomic mass is 10.1. The van der Waals surface area contributed by atoms with Crippen LogP contribution in [0.4, 0.5) is 0 Å². The van der Waals surface area contributed by atoms with E-state index in [0.717, 1.165) is 41.4 Å². The molecule has 1 unspecified atom stereocenters. The Morgan fingerprint density at radius 1 is 1.23 bits per heavy atom. The van der Waals surface area contributed by atoms with Crippen LogP contribution in [0.1, 0.15) is 48.9 Å². The topological polar surface area (TPSA) is 75.2 Å². The van der Waals surface area contributed by atoms with Crippen molar-refractivity contribution in [1.82, 2.24) is 19.9 Å². The maximum Gasteiger partial charge on any atom is 0.278 e. The van der Waals surface area contributed by atoms with E-state index in [1.54, 1.807) is 0 Å². The lowest BCUT2D eigenvalue weighted by Crippen LogP contribution is -2.21. The molecule has 1 fully saturated rings. The van der Waals surface area contributed by atoms with E-state index in [9.17, 15) is 0 Å². The van der Waals surface area contributed by atoms with Crippen LogP contribution in [-0.2, 0) is 17.9 Å². The number of ether oxygens (including phenoxy) is 2. The molecule has 7 nitrogen and oxygen atoms in total. The Balaban J connectivity index is 1.34. The summed E-state index contributed by atoms with van der Waals surface area (Å²) >= 11 is 0. The number of rotatable bonds is 5. The third-order valence-electron chi connectivity index (χ3n) is 4.80. The van der Waals surface area contributed by atoms with Crippen LogP contribution >= 0.6 is 0 Å². The molecule has 3 heterocycles. The number of nitrogens with zero attached hydrogens (tertiary/aromatic N) is 4. The van der Waals surface area contributed by atoms with Crippen molar-refractivity contribution in [3.05, 3.63) is 47.4 Å². The largest absolute Gasteiger partial charge is 0.494 e. The summed E-state index contributed by atoms with van der Waals surface area (Å²) in [4.78, 5) is 4.48.